The molecule has 4 rings (SSSR count). The Balaban J connectivity index is 1.48. The van der Waals surface area contributed by atoms with Crippen LogP contribution in [-0.2, 0) is 17.9 Å². The van der Waals surface area contributed by atoms with Gasteiger partial charge in [-0.25, -0.2) is 4.98 Å². The number of imidazole rings is 1. The molecule has 1 N–H and O–H groups in total. The Kier molecular flexibility index (Phi) is 4.38. The summed E-state index contributed by atoms with van der Waals surface area (Å²) in [7, 11) is 0. The Labute approximate surface area is 141 Å². The van der Waals surface area contributed by atoms with Gasteiger partial charge in [-0.05, 0) is 25.0 Å². The number of hydrogen-bond donors (Lipinski definition) is 1. The van der Waals surface area contributed by atoms with Crippen LogP contribution in [0, 0.1) is 0 Å². The van der Waals surface area contributed by atoms with E-state index in [2.05, 4.69) is 20.9 Å². The highest BCUT2D eigenvalue weighted by atomic mass is 35.5. The Morgan fingerprint density at radius 3 is 3.00 bits per heavy atom. The second-order valence-electron chi connectivity index (χ2n) is 6.50. The molecule has 0 saturated heterocycles. The van der Waals surface area contributed by atoms with Crippen molar-refractivity contribution in [3.63, 3.8) is 0 Å². The van der Waals surface area contributed by atoms with Gasteiger partial charge >= 0.3 is 0 Å². The highest BCUT2D eigenvalue weighted by Gasteiger charge is 2.24. The average Bonchev–Trinajstić information content (AvgIpc) is 3.22. The van der Waals surface area contributed by atoms with Gasteiger partial charge in [0, 0.05) is 23.2 Å². The number of halogens is 1. The van der Waals surface area contributed by atoms with E-state index < -0.39 is 0 Å². The Morgan fingerprint density at radius 1 is 1.30 bits per heavy atom. The maximum atomic E-state index is 6.13. The number of nitrogens with one attached hydrogen (secondary N) is 1. The highest BCUT2D eigenvalue weighted by molar-refractivity contribution is 6.30. The minimum atomic E-state index is 0.204. The van der Waals surface area contributed by atoms with E-state index in [-0.39, 0.29) is 6.10 Å². The predicted octanol–water partition coefficient (Wildman–Crippen LogP) is 3.63. The number of nitrogens with zero attached hydrogens (tertiary/aromatic N) is 2. The van der Waals surface area contributed by atoms with Crippen LogP contribution in [0.3, 0.4) is 0 Å². The lowest BCUT2D eigenvalue weighted by molar-refractivity contribution is 0.00206. The normalized spacial score (nSPS) is 21.5. The molecular weight excluding hydrogens is 310 g/mol. The van der Waals surface area contributed by atoms with Crippen LogP contribution >= 0.6 is 11.6 Å². The van der Waals surface area contributed by atoms with Crippen molar-refractivity contribution in [3.05, 3.63) is 41.3 Å². The van der Waals surface area contributed by atoms with Gasteiger partial charge < -0.3 is 14.6 Å². The van der Waals surface area contributed by atoms with E-state index in [1.54, 1.807) is 0 Å². The second-order valence-corrected chi connectivity index (χ2v) is 6.94. The molecule has 2 aliphatic rings. The zero-order valence-corrected chi connectivity index (χ0v) is 13.9. The van der Waals surface area contributed by atoms with Crippen LogP contribution in [-0.4, -0.2) is 28.2 Å². The Morgan fingerprint density at radius 2 is 2.17 bits per heavy atom. The smallest absolute Gasteiger partial charge is 0.135 e. The average molecular weight is 332 g/mol. The summed E-state index contributed by atoms with van der Waals surface area (Å²) in [6.07, 6.45) is 7.45. The molecule has 0 unspecified atom stereocenters. The molecule has 2 aromatic rings. The van der Waals surface area contributed by atoms with Gasteiger partial charge in [-0.3, -0.25) is 0 Å². The van der Waals surface area contributed by atoms with Gasteiger partial charge in [-0.2, -0.15) is 0 Å². The third-order valence-corrected chi connectivity index (χ3v) is 5.12. The van der Waals surface area contributed by atoms with Gasteiger partial charge in [0.15, 0.2) is 0 Å². The van der Waals surface area contributed by atoms with Crippen molar-refractivity contribution in [1.82, 2.24) is 14.9 Å². The van der Waals surface area contributed by atoms with E-state index in [0.29, 0.717) is 12.6 Å². The molecule has 0 spiro atoms. The molecule has 23 heavy (non-hydrogen) atoms. The van der Waals surface area contributed by atoms with Gasteiger partial charge in [-0.1, -0.05) is 36.6 Å². The molecule has 1 aliphatic heterocycles. The van der Waals surface area contributed by atoms with E-state index in [9.17, 15) is 0 Å². The summed E-state index contributed by atoms with van der Waals surface area (Å²) in [5.74, 6) is 0.997. The topological polar surface area (TPSA) is 39.1 Å². The molecule has 0 amide bonds. The monoisotopic (exact) mass is 331 g/mol. The molecule has 1 aliphatic carbocycles. The van der Waals surface area contributed by atoms with Crippen molar-refractivity contribution >= 4 is 11.6 Å². The number of benzene rings is 1. The summed E-state index contributed by atoms with van der Waals surface area (Å²) in [6, 6.07) is 8.63. The largest absolute Gasteiger partial charge is 0.367 e. The third-order valence-electron chi connectivity index (χ3n) is 4.88. The lowest BCUT2D eigenvalue weighted by Gasteiger charge is -2.27. The van der Waals surface area contributed by atoms with E-state index >= 15 is 0 Å². The fraction of sp³-hybridized carbons (Fsp3) is 0.500. The zero-order chi connectivity index (χ0) is 15.6. The summed E-state index contributed by atoms with van der Waals surface area (Å²) >= 11 is 6.13. The first-order valence-corrected chi connectivity index (χ1v) is 8.83. The maximum absolute atomic E-state index is 6.13. The predicted molar refractivity (Wildman–Crippen MR) is 91.5 cm³/mol. The Bertz CT molecular complexity index is 679. The first kappa shape index (κ1) is 15.2. The van der Waals surface area contributed by atoms with Crippen LogP contribution in [0.4, 0.5) is 0 Å². The molecule has 2 heterocycles. The van der Waals surface area contributed by atoms with E-state index in [1.807, 2.05) is 24.4 Å². The number of ether oxygens (including phenoxy) is 1. The number of hydrogen-bond acceptors (Lipinski definition) is 3. The maximum Gasteiger partial charge on any atom is 0.135 e. The molecule has 122 valence electrons. The quantitative estimate of drug-likeness (QED) is 0.929. The standard InChI is InChI=1S/C18H22ClN3O/c19-14-5-3-4-13(8-14)17-10-21-18-12-23-16(11-22(17)18)9-20-15-6-1-2-7-15/h3-5,8,10,15-16,20H,1-2,6-7,9,11-12H2/t16-/m0/s1. The highest BCUT2D eigenvalue weighted by Crippen LogP contribution is 2.27. The van der Waals surface area contributed by atoms with Crippen molar-refractivity contribution in [3.8, 4) is 11.3 Å². The first-order chi connectivity index (χ1) is 11.3. The van der Waals surface area contributed by atoms with Crippen molar-refractivity contribution in [2.24, 2.45) is 0 Å². The van der Waals surface area contributed by atoms with Gasteiger partial charge in [-0.15, -0.1) is 0 Å². The molecule has 1 saturated carbocycles. The van der Waals surface area contributed by atoms with Crippen molar-refractivity contribution in [2.45, 2.75) is 51.0 Å². The molecule has 5 heteroatoms. The van der Waals surface area contributed by atoms with Crippen molar-refractivity contribution in [1.29, 1.82) is 0 Å². The van der Waals surface area contributed by atoms with Crippen LogP contribution in [0.15, 0.2) is 30.5 Å². The number of fused-ring (bicyclic) bond motifs is 1. The minimum Gasteiger partial charge on any atom is -0.367 e. The second kappa shape index (κ2) is 6.63. The lowest BCUT2D eigenvalue weighted by Crippen LogP contribution is -2.39. The first-order valence-electron chi connectivity index (χ1n) is 8.45. The fourth-order valence-corrected chi connectivity index (χ4v) is 3.80. The summed E-state index contributed by atoms with van der Waals surface area (Å²) in [5.41, 5.74) is 2.23. The SMILES string of the molecule is Clc1cccc(-c2cnc3n2C[C@H](CNC2CCCC2)OC3)c1. The van der Waals surface area contributed by atoms with Gasteiger partial charge in [0.1, 0.15) is 12.4 Å². The molecule has 0 radical (unpaired) electrons. The van der Waals surface area contributed by atoms with Crippen molar-refractivity contribution in [2.75, 3.05) is 6.54 Å². The summed E-state index contributed by atoms with van der Waals surface area (Å²) in [5, 5.41) is 4.42. The molecule has 1 aromatic heterocycles. The molecule has 1 fully saturated rings. The molecular formula is C18H22ClN3O. The summed E-state index contributed by atoms with van der Waals surface area (Å²) in [6.45, 7) is 2.34. The fourth-order valence-electron chi connectivity index (χ4n) is 3.61. The zero-order valence-electron chi connectivity index (χ0n) is 13.2. The van der Waals surface area contributed by atoms with Crippen LogP contribution in [0.2, 0.25) is 5.02 Å². The van der Waals surface area contributed by atoms with Gasteiger partial charge in [0.2, 0.25) is 0 Å². The summed E-state index contributed by atoms with van der Waals surface area (Å²) in [4.78, 5) is 4.51. The minimum absolute atomic E-state index is 0.204. The van der Waals surface area contributed by atoms with Crippen molar-refractivity contribution < 1.29 is 4.74 Å². The lowest BCUT2D eigenvalue weighted by atomic mass is 10.1. The van der Waals surface area contributed by atoms with Gasteiger partial charge in [0.05, 0.1) is 24.5 Å². The molecule has 4 nitrogen and oxygen atoms in total. The van der Waals surface area contributed by atoms with Crippen LogP contribution in [0.5, 0.6) is 0 Å². The van der Waals surface area contributed by atoms with E-state index in [4.69, 9.17) is 16.3 Å². The van der Waals surface area contributed by atoms with E-state index in [0.717, 1.165) is 35.2 Å². The number of rotatable bonds is 4. The van der Waals surface area contributed by atoms with Crippen LogP contribution < -0.4 is 5.32 Å². The molecule has 1 atom stereocenters. The molecule has 1 aromatic carbocycles. The van der Waals surface area contributed by atoms with Crippen LogP contribution in [0.25, 0.3) is 11.3 Å². The molecule has 0 bridgehead atoms. The number of aromatic nitrogens is 2. The Hall–Kier alpha value is -1.36. The third kappa shape index (κ3) is 3.30. The van der Waals surface area contributed by atoms with Crippen LogP contribution in [0.1, 0.15) is 31.5 Å². The van der Waals surface area contributed by atoms with E-state index in [1.165, 1.54) is 25.7 Å². The van der Waals surface area contributed by atoms with Gasteiger partial charge in [0.25, 0.3) is 0 Å². The summed E-state index contributed by atoms with van der Waals surface area (Å²) < 4.78 is 8.24.